The van der Waals surface area contributed by atoms with E-state index in [0.29, 0.717) is 19.4 Å². The van der Waals surface area contributed by atoms with E-state index in [2.05, 4.69) is 16.0 Å². The third kappa shape index (κ3) is 12.1. The van der Waals surface area contributed by atoms with Crippen molar-refractivity contribution in [3.8, 4) is 0 Å². The fraction of sp³-hybridized carbons (Fsp3) is 0.700. The fourth-order valence-electron chi connectivity index (χ4n) is 2.93. The van der Waals surface area contributed by atoms with Crippen LogP contribution in [0.15, 0.2) is 0 Å². The Labute approximate surface area is 197 Å². The lowest BCUT2D eigenvalue weighted by Crippen LogP contribution is -2.58. The largest absolute Gasteiger partial charge is 0.481 e. The average molecular weight is 489 g/mol. The van der Waals surface area contributed by atoms with E-state index in [1.54, 1.807) is 13.8 Å². The van der Waals surface area contributed by atoms with Crippen molar-refractivity contribution in [2.24, 2.45) is 23.1 Å². The van der Waals surface area contributed by atoms with Crippen molar-refractivity contribution >= 4 is 35.6 Å². The highest BCUT2D eigenvalue weighted by Gasteiger charge is 2.32. The van der Waals surface area contributed by atoms with E-state index < -0.39 is 78.5 Å². The minimum Gasteiger partial charge on any atom is -0.481 e. The number of aliphatic carboxylic acids is 2. The molecule has 0 saturated heterocycles. The molecule has 0 aliphatic carbocycles. The molecule has 0 aliphatic heterocycles. The molecule has 34 heavy (non-hydrogen) atoms. The minimum absolute atomic E-state index is 0.145. The van der Waals surface area contributed by atoms with Gasteiger partial charge in [-0.05, 0) is 38.1 Å². The Morgan fingerprint density at radius 1 is 0.824 bits per heavy atom. The predicted molar refractivity (Wildman–Crippen MR) is 120 cm³/mol. The summed E-state index contributed by atoms with van der Waals surface area (Å²) in [4.78, 5) is 71.2. The molecule has 0 aromatic heterocycles. The molecule has 11 N–H and O–H groups in total. The molecule has 0 aromatic rings. The first-order valence-corrected chi connectivity index (χ1v) is 10.9. The van der Waals surface area contributed by atoms with E-state index in [0.717, 1.165) is 0 Å². The molecular weight excluding hydrogens is 452 g/mol. The molecule has 0 spiro atoms. The van der Waals surface area contributed by atoms with Gasteiger partial charge in [0, 0.05) is 6.42 Å². The predicted octanol–water partition coefficient (Wildman–Crippen LogP) is -2.62. The van der Waals surface area contributed by atoms with Gasteiger partial charge in [-0.3, -0.25) is 24.0 Å². The van der Waals surface area contributed by atoms with Gasteiger partial charge in [-0.15, -0.1) is 0 Å². The van der Waals surface area contributed by atoms with Gasteiger partial charge in [0.25, 0.3) is 0 Å². The summed E-state index contributed by atoms with van der Waals surface area (Å²) in [6.45, 7) is 3.60. The Morgan fingerprint density at radius 2 is 1.41 bits per heavy atom. The molecule has 0 aromatic carbocycles. The molecule has 0 aliphatic rings. The molecule has 4 atom stereocenters. The summed E-state index contributed by atoms with van der Waals surface area (Å²) in [5, 5.41) is 25.4. The van der Waals surface area contributed by atoms with Crippen LogP contribution in [0.5, 0.6) is 0 Å². The van der Waals surface area contributed by atoms with Crippen LogP contribution in [0.4, 0.5) is 0 Å². The average Bonchev–Trinajstić information content (AvgIpc) is 2.72. The zero-order valence-electron chi connectivity index (χ0n) is 19.4. The van der Waals surface area contributed by atoms with Crippen molar-refractivity contribution in [2.45, 2.75) is 76.5 Å². The maximum absolute atomic E-state index is 12.8. The van der Waals surface area contributed by atoms with E-state index >= 15 is 0 Å². The van der Waals surface area contributed by atoms with Crippen molar-refractivity contribution < 1.29 is 39.0 Å². The number of unbranched alkanes of at least 4 members (excludes halogenated alkanes) is 1. The summed E-state index contributed by atoms with van der Waals surface area (Å²) in [5.74, 6) is -6.31. The molecular formula is C20H36N6O8. The van der Waals surface area contributed by atoms with Crippen molar-refractivity contribution in [1.82, 2.24) is 16.0 Å². The maximum atomic E-state index is 12.8. The second kappa shape index (κ2) is 15.6. The number of hydrogen-bond donors (Lipinski definition) is 8. The van der Waals surface area contributed by atoms with Gasteiger partial charge in [-0.2, -0.15) is 0 Å². The number of hydrogen-bond acceptors (Lipinski definition) is 8. The summed E-state index contributed by atoms with van der Waals surface area (Å²) in [6.07, 6.45) is -0.0965. The molecule has 0 heterocycles. The second-order valence-corrected chi connectivity index (χ2v) is 8.18. The lowest BCUT2D eigenvalue weighted by molar-refractivity contribution is -0.142. The van der Waals surface area contributed by atoms with Crippen molar-refractivity contribution in [3.05, 3.63) is 0 Å². The Kier molecular flexibility index (Phi) is 14.1. The van der Waals surface area contributed by atoms with E-state index in [1.807, 2.05) is 0 Å². The number of primary amides is 1. The van der Waals surface area contributed by atoms with Crippen LogP contribution >= 0.6 is 0 Å². The highest BCUT2D eigenvalue weighted by Crippen LogP contribution is 2.08. The molecule has 4 unspecified atom stereocenters. The van der Waals surface area contributed by atoms with Gasteiger partial charge in [0.1, 0.15) is 18.1 Å². The minimum atomic E-state index is -1.38. The fourth-order valence-corrected chi connectivity index (χ4v) is 2.93. The Hall–Kier alpha value is -3.26. The smallest absolute Gasteiger partial charge is 0.326 e. The summed E-state index contributed by atoms with van der Waals surface area (Å²) < 4.78 is 0. The van der Waals surface area contributed by atoms with Crippen molar-refractivity contribution in [1.29, 1.82) is 0 Å². The molecule has 14 heteroatoms. The molecule has 0 fully saturated rings. The van der Waals surface area contributed by atoms with Crippen molar-refractivity contribution in [3.63, 3.8) is 0 Å². The molecule has 4 amide bonds. The normalized spacial score (nSPS) is 14.4. The summed E-state index contributed by atoms with van der Waals surface area (Å²) in [5.41, 5.74) is 16.0. The molecule has 194 valence electrons. The quantitative estimate of drug-likeness (QED) is 0.0988. The molecule has 14 nitrogen and oxygen atoms in total. The third-order valence-electron chi connectivity index (χ3n) is 4.85. The van der Waals surface area contributed by atoms with Gasteiger partial charge in [0.15, 0.2) is 0 Å². The first kappa shape index (κ1) is 30.7. The number of nitrogens with one attached hydrogen (secondary N) is 3. The summed E-state index contributed by atoms with van der Waals surface area (Å²) >= 11 is 0. The van der Waals surface area contributed by atoms with Gasteiger partial charge in [0.2, 0.25) is 23.6 Å². The van der Waals surface area contributed by atoms with Crippen LogP contribution in [0.3, 0.4) is 0 Å². The highest BCUT2D eigenvalue weighted by molar-refractivity contribution is 5.95. The molecule has 0 rings (SSSR count). The number of carbonyl (C=O) groups excluding carboxylic acids is 4. The van der Waals surface area contributed by atoms with Crippen LogP contribution in [0.1, 0.15) is 52.4 Å². The zero-order chi connectivity index (χ0) is 26.4. The number of amides is 4. The number of rotatable bonds is 17. The SMILES string of the molecule is CC(C)C(NC(=O)C(CCC(=O)O)NC(=O)C(N)CC(N)=O)C(=O)NC(CCCCN)C(=O)O. The third-order valence-corrected chi connectivity index (χ3v) is 4.85. The first-order chi connectivity index (χ1) is 15.8. The zero-order valence-corrected chi connectivity index (χ0v) is 19.4. The maximum Gasteiger partial charge on any atom is 0.326 e. The van der Waals surface area contributed by atoms with Crippen LogP contribution in [0.2, 0.25) is 0 Å². The van der Waals surface area contributed by atoms with Crippen LogP contribution in [0, 0.1) is 5.92 Å². The second-order valence-electron chi connectivity index (χ2n) is 8.18. The molecule has 0 radical (unpaired) electrons. The molecule has 0 bridgehead atoms. The summed E-state index contributed by atoms with van der Waals surface area (Å²) in [6, 6.07) is -5.10. The van der Waals surface area contributed by atoms with E-state index in [1.165, 1.54) is 0 Å². The molecule has 0 saturated carbocycles. The standard InChI is InChI=1S/C20H36N6O8/c1-10(2)16(19(32)25-13(20(33)34)5-3-4-8-21)26-18(31)12(6-7-15(28)29)24-17(30)11(22)9-14(23)27/h10-13,16H,3-9,21-22H2,1-2H3,(H2,23,27)(H,24,30)(H,25,32)(H,26,31)(H,28,29)(H,33,34). The lowest BCUT2D eigenvalue weighted by atomic mass is 10.0. The Bertz CT molecular complexity index is 745. The Balaban J connectivity index is 5.44. The van der Waals surface area contributed by atoms with Gasteiger partial charge in [-0.1, -0.05) is 13.8 Å². The topological polar surface area (TPSA) is 257 Å². The van der Waals surface area contributed by atoms with E-state index in [4.69, 9.17) is 22.3 Å². The number of carboxylic acid groups (broad SMARTS) is 2. The Morgan fingerprint density at radius 3 is 1.88 bits per heavy atom. The van der Waals surface area contributed by atoms with Crippen LogP contribution in [0.25, 0.3) is 0 Å². The number of nitrogens with two attached hydrogens (primary N) is 3. The van der Waals surface area contributed by atoms with Crippen LogP contribution < -0.4 is 33.2 Å². The van der Waals surface area contributed by atoms with Crippen molar-refractivity contribution in [2.75, 3.05) is 6.54 Å². The van der Waals surface area contributed by atoms with Gasteiger partial charge in [-0.25, -0.2) is 4.79 Å². The summed E-state index contributed by atoms with van der Waals surface area (Å²) in [7, 11) is 0. The van der Waals surface area contributed by atoms with Gasteiger partial charge in [0.05, 0.1) is 12.5 Å². The van der Waals surface area contributed by atoms with Gasteiger partial charge >= 0.3 is 11.9 Å². The van der Waals surface area contributed by atoms with E-state index in [-0.39, 0.29) is 12.8 Å². The number of carboxylic acids is 2. The number of carbonyl (C=O) groups is 6. The first-order valence-electron chi connectivity index (χ1n) is 10.9. The van der Waals surface area contributed by atoms with E-state index in [9.17, 15) is 33.9 Å². The highest BCUT2D eigenvalue weighted by atomic mass is 16.4. The van der Waals surface area contributed by atoms with Crippen LogP contribution in [-0.4, -0.2) is 76.5 Å². The van der Waals surface area contributed by atoms with Crippen LogP contribution in [-0.2, 0) is 28.8 Å². The van der Waals surface area contributed by atoms with Gasteiger partial charge < -0.3 is 43.4 Å². The monoisotopic (exact) mass is 488 g/mol. The lowest BCUT2D eigenvalue weighted by Gasteiger charge is -2.27.